The maximum atomic E-state index is 9.43. The Morgan fingerprint density at radius 2 is 1.60 bits per heavy atom. The molecule has 82 valence electrons. The minimum atomic E-state index is -0.808. The molecule has 1 aromatic carbocycles. The van der Waals surface area contributed by atoms with Crippen molar-refractivity contribution in [2.45, 2.75) is 6.92 Å². The maximum Gasteiger partial charge on any atom is 0.208 e. The Kier molecular flexibility index (Phi) is 2.94. The van der Waals surface area contributed by atoms with Crippen LogP contribution in [0.25, 0.3) is 0 Å². The molecule has 0 aliphatic rings. The molecule has 1 rings (SSSR count). The molecule has 0 spiro atoms. The fraction of sp³-hybridized carbons (Fsp3) is 0.200. The normalized spacial score (nSPS) is 9.93. The second kappa shape index (κ2) is 4.00. The number of rotatable bonds is 3. The fourth-order valence-electron chi connectivity index (χ4n) is 1.11. The van der Waals surface area contributed by atoms with Gasteiger partial charge in [0.05, 0.1) is 0 Å². The largest absolute Gasteiger partial charge is 0.504 e. The van der Waals surface area contributed by atoms with E-state index < -0.39 is 23.0 Å². The molecule has 0 saturated carbocycles. The molecule has 0 amide bonds. The number of benzene rings is 1. The lowest BCUT2D eigenvalue weighted by atomic mass is 10.1. The minimum absolute atomic E-state index is 0.0808. The highest BCUT2D eigenvalue weighted by molar-refractivity contribution is 5.67. The molecule has 4 N–H and O–H groups in total. The van der Waals surface area contributed by atoms with Gasteiger partial charge in [-0.25, -0.2) is 0 Å². The molecule has 15 heavy (non-hydrogen) atoms. The van der Waals surface area contributed by atoms with Crippen molar-refractivity contribution in [2.75, 3.05) is 6.61 Å². The molecule has 0 bridgehead atoms. The monoisotopic (exact) mass is 212 g/mol. The topological polar surface area (TPSA) is 90.2 Å². The third kappa shape index (κ3) is 1.76. The summed E-state index contributed by atoms with van der Waals surface area (Å²) >= 11 is 0. The molecular weight excluding hydrogens is 200 g/mol. The lowest BCUT2D eigenvalue weighted by Crippen LogP contribution is -1.96. The molecule has 0 fully saturated rings. The highest BCUT2D eigenvalue weighted by Gasteiger charge is 2.21. The van der Waals surface area contributed by atoms with Gasteiger partial charge in [0.2, 0.25) is 17.2 Å². The second-order valence-corrected chi connectivity index (χ2v) is 2.95. The van der Waals surface area contributed by atoms with E-state index in [1.807, 2.05) is 0 Å². The van der Waals surface area contributed by atoms with Gasteiger partial charge >= 0.3 is 0 Å². The van der Waals surface area contributed by atoms with Crippen molar-refractivity contribution in [1.29, 1.82) is 0 Å². The highest BCUT2D eigenvalue weighted by atomic mass is 16.5. The Balaban J connectivity index is 3.31. The first-order valence-corrected chi connectivity index (χ1v) is 4.20. The van der Waals surface area contributed by atoms with Crippen LogP contribution in [0.3, 0.4) is 0 Å². The Morgan fingerprint density at radius 3 is 2.13 bits per heavy atom. The van der Waals surface area contributed by atoms with Crippen molar-refractivity contribution in [3.63, 3.8) is 0 Å². The molecule has 0 radical (unpaired) electrons. The molecule has 0 unspecified atom stereocenters. The van der Waals surface area contributed by atoms with Crippen LogP contribution in [0.4, 0.5) is 0 Å². The number of ether oxygens (including phenoxy) is 1. The van der Waals surface area contributed by atoms with E-state index in [1.165, 1.54) is 13.0 Å². The number of phenols is 4. The maximum absolute atomic E-state index is 9.43. The van der Waals surface area contributed by atoms with E-state index in [0.717, 1.165) is 0 Å². The van der Waals surface area contributed by atoms with Gasteiger partial charge in [0, 0.05) is 5.56 Å². The van der Waals surface area contributed by atoms with Gasteiger partial charge in [-0.3, -0.25) is 0 Å². The van der Waals surface area contributed by atoms with E-state index in [0.29, 0.717) is 0 Å². The molecule has 0 aliphatic heterocycles. The van der Waals surface area contributed by atoms with Crippen molar-refractivity contribution in [2.24, 2.45) is 0 Å². The van der Waals surface area contributed by atoms with Crippen molar-refractivity contribution in [3.8, 4) is 28.7 Å². The van der Waals surface area contributed by atoms with Crippen LogP contribution in [0.5, 0.6) is 28.7 Å². The van der Waals surface area contributed by atoms with Crippen LogP contribution in [0.2, 0.25) is 0 Å². The number of hydrogen-bond donors (Lipinski definition) is 4. The molecule has 5 nitrogen and oxygen atoms in total. The third-order valence-corrected chi connectivity index (χ3v) is 1.93. The smallest absolute Gasteiger partial charge is 0.208 e. The molecule has 0 aromatic heterocycles. The summed E-state index contributed by atoms with van der Waals surface area (Å²) < 4.78 is 5.03. The van der Waals surface area contributed by atoms with Crippen LogP contribution < -0.4 is 4.74 Å². The average molecular weight is 212 g/mol. The average Bonchev–Trinajstić information content (AvgIpc) is 2.24. The molecule has 0 aliphatic carbocycles. The zero-order valence-corrected chi connectivity index (χ0v) is 8.19. The summed E-state index contributed by atoms with van der Waals surface area (Å²) in [6.07, 6.45) is 1.44. The SMILES string of the molecule is C=CCOc1c(C)c(O)c(O)c(O)c1O. The highest BCUT2D eigenvalue weighted by Crippen LogP contribution is 2.50. The van der Waals surface area contributed by atoms with Crippen molar-refractivity contribution in [3.05, 3.63) is 18.2 Å². The first-order valence-electron chi connectivity index (χ1n) is 4.20. The second-order valence-electron chi connectivity index (χ2n) is 2.95. The predicted octanol–water partition coefficient (Wildman–Crippen LogP) is 1.38. The Morgan fingerprint density at radius 1 is 1.07 bits per heavy atom. The van der Waals surface area contributed by atoms with Crippen LogP contribution >= 0.6 is 0 Å². The number of phenolic OH excluding ortho intramolecular Hbond substituents is 4. The van der Waals surface area contributed by atoms with Crippen molar-refractivity contribution in [1.82, 2.24) is 0 Å². The van der Waals surface area contributed by atoms with Crippen LogP contribution in [0.15, 0.2) is 12.7 Å². The van der Waals surface area contributed by atoms with E-state index in [9.17, 15) is 20.4 Å². The van der Waals surface area contributed by atoms with Gasteiger partial charge in [-0.15, -0.1) is 0 Å². The third-order valence-electron chi connectivity index (χ3n) is 1.93. The van der Waals surface area contributed by atoms with Gasteiger partial charge in [-0.05, 0) is 6.92 Å². The van der Waals surface area contributed by atoms with E-state index in [-0.39, 0.29) is 17.9 Å². The zero-order chi connectivity index (χ0) is 11.6. The summed E-state index contributed by atoms with van der Waals surface area (Å²) in [5.41, 5.74) is 0.143. The molecule has 0 saturated heterocycles. The van der Waals surface area contributed by atoms with E-state index in [2.05, 4.69) is 6.58 Å². The lowest BCUT2D eigenvalue weighted by Gasteiger charge is -2.13. The lowest BCUT2D eigenvalue weighted by molar-refractivity contribution is 0.302. The first-order chi connectivity index (χ1) is 7.00. The first kappa shape index (κ1) is 11.0. The molecule has 1 aromatic rings. The van der Waals surface area contributed by atoms with Crippen molar-refractivity contribution < 1.29 is 25.2 Å². The molecule has 0 heterocycles. The summed E-state index contributed by atoms with van der Waals surface area (Å²) in [4.78, 5) is 0. The van der Waals surface area contributed by atoms with Gasteiger partial charge in [0.15, 0.2) is 11.5 Å². The standard InChI is InChI=1S/C10H12O5/c1-3-4-15-10-5(2)6(11)7(12)8(13)9(10)14/h3,11-14H,1,4H2,2H3. The number of hydrogen-bond acceptors (Lipinski definition) is 5. The van der Waals surface area contributed by atoms with Crippen LogP contribution in [0.1, 0.15) is 5.56 Å². The van der Waals surface area contributed by atoms with E-state index in [1.54, 1.807) is 0 Å². The van der Waals surface area contributed by atoms with Gasteiger partial charge in [0.25, 0.3) is 0 Å². The molecule has 5 heteroatoms. The minimum Gasteiger partial charge on any atom is -0.504 e. The van der Waals surface area contributed by atoms with Crippen molar-refractivity contribution >= 4 is 0 Å². The summed E-state index contributed by atoms with van der Waals surface area (Å²) in [5.74, 6) is -2.79. The van der Waals surface area contributed by atoms with E-state index in [4.69, 9.17) is 4.74 Å². The fourth-order valence-corrected chi connectivity index (χ4v) is 1.11. The summed E-state index contributed by atoms with van der Waals surface area (Å²) in [6.45, 7) is 4.96. The Labute approximate surface area is 86.5 Å². The van der Waals surface area contributed by atoms with Gasteiger partial charge in [-0.1, -0.05) is 12.7 Å². The van der Waals surface area contributed by atoms with Gasteiger partial charge in [0.1, 0.15) is 6.61 Å². The summed E-state index contributed by atoms with van der Waals surface area (Å²) in [5, 5.41) is 37.2. The Bertz CT molecular complexity index is 368. The van der Waals surface area contributed by atoms with Crippen LogP contribution in [-0.2, 0) is 0 Å². The van der Waals surface area contributed by atoms with Gasteiger partial charge < -0.3 is 25.2 Å². The predicted molar refractivity (Wildman–Crippen MR) is 53.5 cm³/mol. The Hall–Kier alpha value is -2.04. The van der Waals surface area contributed by atoms with Crippen LogP contribution in [-0.4, -0.2) is 27.0 Å². The van der Waals surface area contributed by atoms with Gasteiger partial charge in [-0.2, -0.15) is 0 Å². The van der Waals surface area contributed by atoms with E-state index >= 15 is 0 Å². The van der Waals surface area contributed by atoms with Crippen LogP contribution in [0, 0.1) is 6.92 Å². The summed E-state index contributed by atoms with van der Waals surface area (Å²) in [6, 6.07) is 0. The molecule has 0 atom stereocenters. The molecular formula is C10H12O5. The zero-order valence-electron chi connectivity index (χ0n) is 8.19. The summed E-state index contributed by atoms with van der Waals surface area (Å²) in [7, 11) is 0. The quantitative estimate of drug-likeness (QED) is 0.345. The number of aromatic hydroxyl groups is 4.